The second kappa shape index (κ2) is 5.44. The van der Waals surface area contributed by atoms with E-state index in [1.165, 1.54) is 0 Å². The van der Waals surface area contributed by atoms with Gasteiger partial charge in [-0.05, 0) is 65.2 Å². The Morgan fingerprint density at radius 1 is 1.00 bits per heavy atom. The van der Waals surface area contributed by atoms with E-state index in [2.05, 4.69) is 15.9 Å². The van der Waals surface area contributed by atoms with Gasteiger partial charge in [-0.15, -0.1) is 0 Å². The van der Waals surface area contributed by atoms with E-state index in [9.17, 15) is 0 Å². The minimum Gasteiger partial charge on any atom is -0.497 e. The highest BCUT2D eigenvalue weighted by Crippen LogP contribution is 2.35. The van der Waals surface area contributed by atoms with Gasteiger partial charge in [0.25, 0.3) is 0 Å². The van der Waals surface area contributed by atoms with Crippen LogP contribution in [0.4, 0.5) is 0 Å². The highest BCUT2D eigenvalue weighted by atomic mass is 79.9. The Bertz CT molecular complexity index is 541. The van der Waals surface area contributed by atoms with E-state index >= 15 is 0 Å². The summed E-state index contributed by atoms with van der Waals surface area (Å²) in [5.41, 5.74) is 2.12. The predicted octanol–water partition coefficient (Wildman–Crippen LogP) is 4.87. The normalized spacial score (nSPS) is 10.2. The quantitative estimate of drug-likeness (QED) is 0.805. The fourth-order valence-electron chi connectivity index (χ4n) is 1.83. The van der Waals surface area contributed by atoms with Crippen molar-refractivity contribution in [1.82, 2.24) is 0 Å². The number of para-hydroxylation sites is 1. The molecule has 94 valence electrons. The van der Waals surface area contributed by atoms with Gasteiger partial charge in [-0.25, -0.2) is 0 Å². The van der Waals surface area contributed by atoms with Crippen molar-refractivity contribution < 1.29 is 9.47 Å². The van der Waals surface area contributed by atoms with Crippen LogP contribution in [0.1, 0.15) is 11.1 Å². The number of halogens is 1. The summed E-state index contributed by atoms with van der Waals surface area (Å²) in [5, 5.41) is 0. The van der Waals surface area contributed by atoms with E-state index in [0.29, 0.717) is 0 Å². The largest absolute Gasteiger partial charge is 0.497 e. The van der Waals surface area contributed by atoms with E-state index in [1.807, 2.05) is 50.2 Å². The minimum atomic E-state index is 0.814. The molecule has 0 radical (unpaired) electrons. The molecule has 0 N–H and O–H groups in total. The zero-order chi connectivity index (χ0) is 13.1. The Hall–Kier alpha value is -1.48. The van der Waals surface area contributed by atoms with Crippen LogP contribution in [0.5, 0.6) is 17.2 Å². The fraction of sp³-hybridized carbons (Fsp3) is 0.200. The van der Waals surface area contributed by atoms with Crippen molar-refractivity contribution >= 4 is 15.9 Å². The second-order valence-corrected chi connectivity index (χ2v) is 4.98. The maximum absolute atomic E-state index is 5.97. The van der Waals surface area contributed by atoms with E-state index in [-0.39, 0.29) is 0 Å². The molecule has 0 aliphatic heterocycles. The highest BCUT2D eigenvalue weighted by Gasteiger charge is 2.09. The summed E-state index contributed by atoms with van der Waals surface area (Å²) < 4.78 is 12.2. The molecule has 0 unspecified atom stereocenters. The lowest BCUT2D eigenvalue weighted by atomic mass is 10.1. The van der Waals surface area contributed by atoms with Crippen molar-refractivity contribution in [3.8, 4) is 17.2 Å². The van der Waals surface area contributed by atoms with Crippen LogP contribution in [0.15, 0.2) is 40.9 Å². The van der Waals surface area contributed by atoms with Crippen molar-refractivity contribution in [3.05, 3.63) is 52.0 Å². The maximum Gasteiger partial charge on any atom is 0.141 e. The zero-order valence-electron chi connectivity index (χ0n) is 10.7. The number of ether oxygens (including phenoxy) is 2. The Morgan fingerprint density at radius 2 is 1.61 bits per heavy atom. The van der Waals surface area contributed by atoms with Gasteiger partial charge in [0, 0.05) is 0 Å². The molecule has 0 saturated carbocycles. The monoisotopic (exact) mass is 306 g/mol. The first kappa shape index (κ1) is 13.0. The Labute approximate surface area is 116 Å². The first-order valence-corrected chi connectivity index (χ1v) is 6.48. The summed E-state index contributed by atoms with van der Waals surface area (Å²) in [6.07, 6.45) is 0. The lowest BCUT2D eigenvalue weighted by molar-refractivity contribution is 0.411. The number of methoxy groups -OCH3 is 1. The maximum atomic E-state index is 5.97. The summed E-state index contributed by atoms with van der Waals surface area (Å²) >= 11 is 3.48. The summed E-state index contributed by atoms with van der Waals surface area (Å²) in [5.74, 6) is 2.54. The molecule has 3 heteroatoms. The lowest BCUT2D eigenvalue weighted by Gasteiger charge is -2.14. The van der Waals surface area contributed by atoms with Crippen LogP contribution in [-0.4, -0.2) is 7.11 Å². The Balaban J connectivity index is 2.38. The third-order valence-corrected chi connectivity index (χ3v) is 3.37. The number of aryl methyl sites for hydroxylation is 2. The van der Waals surface area contributed by atoms with Gasteiger partial charge in [0.15, 0.2) is 0 Å². The average Bonchev–Trinajstić information content (AvgIpc) is 2.35. The van der Waals surface area contributed by atoms with Gasteiger partial charge < -0.3 is 9.47 Å². The topological polar surface area (TPSA) is 18.5 Å². The van der Waals surface area contributed by atoms with Gasteiger partial charge >= 0.3 is 0 Å². The molecule has 0 aliphatic rings. The third kappa shape index (κ3) is 2.67. The molecule has 2 aromatic rings. The molecule has 0 heterocycles. The number of benzene rings is 2. The van der Waals surface area contributed by atoms with Crippen molar-refractivity contribution in [2.24, 2.45) is 0 Å². The summed E-state index contributed by atoms with van der Waals surface area (Å²) in [7, 11) is 1.67. The van der Waals surface area contributed by atoms with Crippen LogP contribution < -0.4 is 9.47 Å². The Kier molecular flexibility index (Phi) is 3.92. The van der Waals surface area contributed by atoms with Crippen molar-refractivity contribution in [3.63, 3.8) is 0 Å². The van der Waals surface area contributed by atoms with Crippen molar-refractivity contribution in [2.75, 3.05) is 7.11 Å². The van der Waals surface area contributed by atoms with Crippen LogP contribution in [-0.2, 0) is 0 Å². The van der Waals surface area contributed by atoms with E-state index in [1.54, 1.807) is 7.11 Å². The molecular formula is C15H15BrO2. The molecule has 0 amide bonds. The molecule has 0 atom stereocenters. The molecular weight excluding hydrogens is 292 g/mol. The van der Waals surface area contributed by atoms with E-state index in [4.69, 9.17) is 9.47 Å². The molecule has 0 bridgehead atoms. The van der Waals surface area contributed by atoms with E-state index in [0.717, 1.165) is 32.8 Å². The molecule has 2 rings (SSSR count). The van der Waals surface area contributed by atoms with Crippen LogP contribution in [0.2, 0.25) is 0 Å². The minimum absolute atomic E-state index is 0.814. The summed E-state index contributed by atoms with van der Waals surface area (Å²) in [6, 6.07) is 11.8. The van der Waals surface area contributed by atoms with Gasteiger partial charge in [0.05, 0.1) is 11.6 Å². The molecule has 2 nitrogen and oxygen atoms in total. The van der Waals surface area contributed by atoms with E-state index < -0.39 is 0 Å². The SMILES string of the molecule is COc1cc(C)c(Oc2ccccc2Br)c(C)c1. The molecule has 0 aromatic heterocycles. The summed E-state index contributed by atoms with van der Waals surface area (Å²) in [4.78, 5) is 0. The molecule has 0 spiro atoms. The zero-order valence-corrected chi connectivity index (χ0v) is 12.2. The lowest BCUT2D eigenvalue weighted by Crippen LogP contribution is -1.93. The first-order valence-electron chi connectivity index (χ1n) is 5.69. The van der Waals surface area contributed by atoms with Gasteiger partial charge in [0.1, 0.15) is 17.2 Å². The Morgan fingerprint density at radius 3 is 2.17 bits per heavy atom. The first-order chi connectivity index (χ1) is 8.61. The third-order valence-electron chi connectivity index (χ3n) is 2.72. The molecule has 18 heavy (non-hydrogen) atoms. The average molecular weight is 307 g/mol. The molecule has 0 fully saturated rings. The number of hydrogen-bond acceptors (Lipinski definition) is 2. The van der Waals surface area contributed by atoms with Crippen molar-refractivity contribution in [1.29, 1.82) is 0 Å². The highest BCUT2D eigenvalue weighted by molar-refractivity contribution is 9.10. The fourth-order valence-corrected chi connectivity index (χ4v) is 2.19. The van der Waals surface area contributed by atoms with Gasteiger partial charge in [-0.3, -0.25) is 0 Å². The van der Waals surface area contributed by atoms with Crippen LogP contribution in [0, 0.1) is 13.8 Å². The number of rotatable bonds is 3. The smallest absolute Gasteiger partial charge is 0.141 e. The van der Waals surface area contributed by atoms with Crippen LogP contribution >= 0.6 is 15.9 Å². The van der Waals surface area contributed by atoms with Gasteiger partial charge in [0.2, 0.25) is 0 Å². The molecule has 0 saturated heterocycles. The molecule has 2 aromatic carbocycles. The van der Waals surface area contributed by atoms with Gasteiger partial charge in [-0.2, -0.15) is 0 Å². The standard InChI is InChI=1S/C15H15BrO2/c1-10-8-12(17-3)9-11(2)15(10)18-14-7-5-4-6-13(14)16/h4-9H,1-3H3. The summed E-state index contributed by atoms with van der Waals surface area (Å²) in [6.45, 7) is 4.03. The van der Waals surface area contributed by atoms with Crippen LogP contribution in [0.25, 0.3) is 0 Å². The van der Waals surface area contributed by atoms with Crippen molar-refractivity contribution in [2.45, 2.75) is 13.8 Å². The second-order valence-electron chi connectivity index (χ2n) is 4.12. The van der Waals surface area contributed by atoms with Crippen LogP contribution in [0.3, 0.4) is 0 Å². The number of hydrogen-bond donors (Lipinski definition) is 0. The van der Waals surface area contributed by atoms with Gasteiger partial charge in [-0.1, -0.05) is 12.1 Å². The molecule has 0 aliphatic carbocycles. The predicted molar refractivity (Wildman–Crippen MR) is 76.7 cm³/mol.